The first-order valence-electron chi connectivity index (χ1n) is 3.50. The number of hydrogen-bond donors (Lipinski definition) is 0. The molecule has 0 aromatic rings. The van der Waals surface area contributed by atoms with Gasteiger partial charge in [-0.15, -0.1) is 0 Å². The van der Waals surface area contributed by atoms with E-state index in [1.54, 1.807) is 27.7 Å². The van der Waals surface area contributed by atoms with Crippen LogP contribution in [0.25, 0.3) is 0 Å². The van der Waals surface area contributed by atoms with Crippen LogP contribution >= 0.6 is 10.7 Å². The first kappa shape index (κ1) is 11.2. The van der Waals surface area contributed by atoms with Crippen molar-refractivity contribution in [3.63, 3.8) is 0 Å². The minimum absolute atomic E-state index is 0.0856. The van der Waals surface area contributed by atoms with Gasteiger partial charge < -0.3 is 0 Å². The van der Waals surface area contributed by atoms with Crippen LogP contribution in [0.3, 0.4) is 0 Å². The molecule has 0 saturated heterocycles. The van der Waals surface area contributed by atoms with E-state index in [1.165, 1.54) is 4.31 Å². The third kappa shape index (κ3) is 3.40. The lowest BCUT2D eigenvalue weighted by Gasteiger charge is -2.25. The van der Waals surface area contributed by atoms with Gasteiger partial charge in [0.1, 0.15) is 0 Å². The van der Waals surface area contributed by atoms with Crippen LogP contribution in [0.15, 0.2) is 0 Å². The number of rotatable bonds is 3. The van der Waals surface area contributed by atoms with Gasteiger partial charge in [0.15, 0.2) is 0 Å². The molecule has 0 fully saturated rings. The molecular weight excluding hydrogens is 186 g/mol. The van der Waals surface area contributed by atoms with Crippen molar-refractivity contribution < 1.29 is 8.42 Å². The Morgan fingerprint density at radius 1 is 1.09 bits per heavy atom. The number of nitrogens with zero attached hydrogens (tertiary/aromatic N) is 1. The summed E-state index contributed by atoms with van der Waals surface area (Å²) >= 11 is 0. The molecule has 3 nitrogen and oxygen atoms in total. The van der Waals surface area contributed by atoms with Crippen molar-refractivity contribution in [2.75, 3.05) is 0 Å². The Morgan fingerprint density at radius 3 is 1.36 bits per heavy atom. The molecule has 0 aliphatic carbocycles. The molecule has 5 heteroatoms. The quantitative estimate of drug-likeness (QED) is 0.648. The Hall–Kier alpha value is 0.200. The Kier molecular flexibility index (Phi) is 3.80. The van der Waals surface area contributed by atoms with Gasteiger partial charge in [-0.3, -0.25) is 0 Å². The van der Waals surface area contributed by atoms with E-state index in [9.17, 15) is 8.42 Å². The maximum Gasteiger partial charge on any atom is 0.300 e. The minimum Gasteiger partial charge on any atom is -0.195 e. The Bertz CT molecular complexity index is 203. The third-order valence-electron chi connectivity index (χ3n) is 1.27. The molecule has 0 saturated carbocycles. The lowest BCUT2D eigenvalue weighted by Crippen LogP contribution is -2.39. The molecule has 0 aliphatic rings. The highest BCUT2D eigenvalue weighted by atomic mass is 35.7. The summed E-state index contributed by atoms with van der Waals surface area (Å²) in [5.41, 5.74) is 0. The van der Waals surface area contributed by atoms with E-state index in [-0.39, 0.29) is 12.1 Å². The zero-order valence-corrected chi connectivity index (χ0v) is 8.78. The topological polar surface area (TPSA) is 37.4 Å². The molecule has 0 atom stereocenters. The van der Waals surface area contributed by atoms with Crippen LogP contribution in [-0.4, -0.2) is 24.8 Å². The van der Waals surface area contributed by atoms with Gasteiger partial charge in [0.25, 0.3) is 9.24 Å². The minimum atomic E-state index is -3.56. The van der Waals surface area contributed by atoms with Gasteiger partial charge in [0, 0.05) is 22.8 Å². The summed E-state index contributed by atoms with van der Waals surface area (Å²) in [6.07, 6.45) is 0. The highest BCUT2D eigenvalue weighted by Gasteiger charge is 2.24. The average molecular weight is 200 g/mol. The summed E-state index contributed by atoms with van der Waals surface area (Å²) in [5, 5.41) is 0. The molecule has 0 rings (SSSR count). The van der Waals surface area contributed by atoms with Gasteiger partial charge in [-0.05, 0) is 27.7 Å². The summed E-state index contributed by atoms with van der Waals surface area (Å²) in [6, 6.07) is -0.171. The highest BCUT2D eigenvalue weighted by Crippen LogP contribution is 2.14. The summed E-state index contributed by atoms with van der Waals surface area (Å²) in [4.78, 5) is 0. The smallest absolute Gasteiger partial charge is 0.195 e. The highest BCUT2D eigenvalue weighted by molar-refractivity contribution is 8.11. The van der Waals surface area contributed by atoms with Crippen molar-refractivity contribution in [1.82, 2.24) is 4.31 Å². The van der Waals surface area contributed by atoms with Gasteiger partial charge in [0.2, 0.25) is 0 Å². The Labute approximate surface area is 72.9 Å². The molecule has 0 unspecified atom stereocenters. The van der Waals surface area contributed by atoms with Crippen molar-refractivity contribution in [2.24, 2.45) is 0 Å². The average Bonchev–Trinajstić information content (AvgIpc) is 1.54. The van der Waals surface area contributed by atoms with E-state index in [1.807, 2.05) is 0 Å². The van der Waals surface area contributed by atoms with Gasteiger partial charge >= 0.3 is 0 Å². The lowest BCUT2D eigenvalue weighted by atomic mass is 10.3. The predicted octanol–water partition coefficient (Wildman–Crippen LogP) is 1.59. The van der Waals surface area contributed by atoms with Crippen LogP contribution in [-0.2, 0) is 9.24 Å². The third-order valence-corrected chi connectivity index (χ3v) is 3.09. The molecule has 68 valence electrons. The molecular formula is C6H14ClNO2S. The fraction of sp³-hybridized carbons (Fsp3) is 1.00. The standard InChI is InChI=1S/C6H14ClNO2S/c1-5(2)8(6(3)4)11(7,9)10/h5-6H,1-4H3. The van der Waals surface area contributed by atoms with E-state index in [4.69, 9.17) is 10.7 Å². The van der Waals surface area contributed by atoms with E-state index < -0.39 is 9.24 Å². The second kappa shape index (κ2) is 3.74. The molecule has 0 aromatic heterocycles. The van der Waals surface area contributed by atoms with E-state index in [2.05, 4.69) is 0 Å². The van der Waals surface area contributed by atoms with Crippen LogP contribution in [0.5, 0.6) is 0 Å². The first-order chi connectivity index (χ1) is 4.76. The van der Waals surface area contributed by atoms with Crippen LogP contribution in [0.2, 0.25) is 0 Å². The molecule has 0 radical (unpaired) electrons. The van der Waals surface area contributed by atoms with Crippen LogP contribution in [0.1, 0.15) is 27.7 Å². The molecule has 0 spiro atoms. The fourth-order valence-electron chi connectivity index (χ4n) is 1.10. The Morgan fingerprint density at radius 2 is 1.36 bits per heavy atom. The van der Waals surface area contributed by atoms with Crippen molar-refractivity contribution >= 4 is 19.9 Å². The maximum absolute atomic E-state index is 10.9. The summed E-state index contributed by atoms with van der Waals surface area (Å²) in [7, 11) is 1.63. The summed E-state index contributed by atoms with van der Waals surface area (Å²) < 4.78 is 23.1. The van der Waals surface area contributed by atoms with Gasteiger partial charge in [-0.25, -0.2) is 0 Å². The second-order valence-electron chi connectivity index (χ2n) is 2.96. The monoisotopic (exact) mass is 199 g/mol. The summed E-state index contributed by atoms with van der Waals surface area (Å²) in [6.45, 7) is 7.17. The normalized spacial score (nSPS) is 13.5. The van der Waals surface area contributed by atoms with Gasteiger partial charge in [0.05, 0.1) is 0 Å². The van der Waals surface area contributed by atoms with Crippen LogP contribution < -0.4 is 0 Å². The molecule has 11 heavy (non-hydrogen) atoms. The van der Waals surface area contributed by atoms with E-state index in [0.29, 0.717) is 0 Å². The molecule has 0 N–H and O–H groups in total. The van der Waals surface area contributed by atoms with Crippen molar-refractivity contribution in [1.29, 1.82) is 0 Å². The molecule has 0 amide bonds. The maximum atomic E-state index is 10.9. The van der Waals surface area contributed by atoms with E-state index >= 15 is 0 Å². The van der Waals surface area contributed by atoms with Crippen LogP contribution in [0, 0.1) is 0 Å². The largest absolute Gasteiger partial charge is 0.300 e. The number of hydrogen-bond acceptors (Lipinski definition) is 2. The molecule has 0 aliphatic heterocycles. The van der Waals surface area contributed by atoms with Gasteiger partial charge in [-0.1, -0.05) is 0 Å². The van der Waals surface area contributed by atoms with Crippen molar-refractivity contribution in [3.8, 4) is 0 Å². The summed E-state index contributed by atoms with van der Waals surface area (Å²) in [5.74, 6) is 0. The zero-order chi connectivity index (χ0) is 9.23. The SMILES string of the molecule is CC(C)N(C(C)C)S(=O)(=O)Cl. The van der Waals surface area contributed by atoms with Crippen LogP contribution in [0.4, 0.5) is 0 Å². The lowest BCUT2D eigenvalue weighted by molar-refractivity contribution is 0.309. The zero-order valence-electron chi connectivity index (χ0n) is 7.20. The predicted molar refractivity (Wildman–Crippen MR) is 46.9 cm³/mol. The van der Waals surface area contributed by atoms with Crippen molar-refractivity contribution in [3.05, 3.63) is 0 Å². The fourth-order valence-corrected chi connectivity index (χ4v) is 3.06. The first-order valence-corrected chi connectivity index (χ1v) is 5.76. The molecule has 0 heterocycles. The second-order valence-corrected chi connectivity index (χ2v) is 5.38. The molecule has 0 bridgehead atoms. The Balaban J connectivity index is 4.64. The van der Waals surface area contributed by atoms with E-state index in [0.717, 1.165) is 0 Å². The number of halogens is 1. The van der Waals surface area contributed by atoms with Crippen molar-refractivity contribution in [2.45, 2.75) is 39.8 Å². The molecule has 0 aromatic carbocycles. The van der Waals surface area contributed by atoms with Gasteiger partial charge in [-0.2, -0.15) is 12.7 Å².